The maximum Gasteiger partial charge on any atom is 0.461 e. The molecule has 0 saturated carbocycles. The first kappa shape index (κ1) is 20.1. The number of amides is 1. The molecule has 3 rings (SSSR count). The lowest BCUT2D eigenvalue weighted by molar-refractivity contribution is -0.253. The summed E-state index contributed by atoms with van der Waals surface area (Å²) in [6.07, 6.45) is -3.96. The summed E-state index contributed by atoms with van der Waals surface area (Å²) in [6, 6.07) is 6.73. The molecule has 0 radical (unpaired) electrons. The molecule has 0 bridgehead atoms. The third kappa shape index (κ3) is 4.28. The second-order valence-corrected chi connectivity index (χ2v) is 7.43. The van der Waals surface area contributed by atoms with E-state index in [1.165, 1.54) is 23.5 Å². The number of nitrogens with zero attached hydrogens (tertiary/aromatic N) is 1. The highest BCUT2D eigenvalue weighted by Gasteiger charge is 2.44. The highest BCUT2D eigenvalue weighted by atomic mass is 32.1. The topological polar surface area (TPSA) is 62.1 Å². The number of hydrogen-bond donors (Lipinski definition) is 1. The average molecular weight is 412 g/mol. The number of hydrogen-bond acceptors (Lipinski definition) is 4. The van der Waals surface area contributed by atoms with Crippen molar-refractivity contribution in [3.8, 4) is 11.8 Å². The SMILES string of the molecule is N#Cc1c(NC(=O)c2cccc(OC(F)(F)C(F)F)c2)sc2c1CCCCC2. The number of ether oxygens (including phenoxy) is 1. The first-order chi connectivity index (χ1) is 13.3. The van der Waals surface area contributed by atoms with Crippen LogP contribution in [0, 0.1) is 11.3 Å². The molecule has 0 spiro atoms. The minimum atomic E-state index is -4.66. The highest BCUT2D eigenvalue weighted by Crippen LogP contribution is 2.37. The van der Waals surface area contributed by atoms with Gasteiger partial charge in [-0.05, 0) is 49.4 Å². The van der Waals surface area contributed by atoms with Crippen molar-refractivity contribution in [2.24, 2.45) is 0 Å². The predicted molar refractivity (Wildman–Crippen MR) is 96.3 cm³/mol. The van der Waals surface area contributed by atoms with Gasteiger partial charge in [-0.2, -0.15) is 22.8 Å². The predicted octanol–water partition coefficient (Wildman–Crippen LogP) is 5.38. The van der Waals surface area contributed by atoms with Crippen molar-refractivity contribution in [2.45, 2.75) is 44.6 Å². The lowest BCUT2D eigenvalue weighted by atomic mass is 10.1. The summed E-state index contributed by atoms with van der Waals surface area (Å²) in [4.78, 5) is 13.6. The zero-order chi connectivity index (χ0) is 20.3. The molecule has 28 heavy (non-hydrogen) atoms. The summed E-state index contributed by atoms with van der Waals surface area (Å²) in [5, 5.41) is 12.5. The van der Waals surface area contributed by atoms with Gasteiger partial charge in [0.05, 0.1) is 5.56 Å². The van der Waals surface area contributed by atoms with Crippen LogP contribution in [0.4, 0.5) is 22.6 Å². The van der Waals surface area contributed by atoms with Gasteiger partial charge in [-0.15, -0.1) is 11.3 Å². The van der Waals surface area contributed by atoms with Gasteiger partial charge in [0, 0.05) is 10.4 Å². The Morgan fingerprint density at radius 2 is 2.00 bits per heavy atom. The summed E-state index contributed by atoms with van der Waals surface area (Å²) in [5.74, 6) is -1.20. The molecule has 0 atom stereocenters. The maximum absolute atomic E-state index is 13.1. The Morgan fingerprint density at radius 1 is 1.25 bits per heavy atom. The van der Waals surface area contributed by atoms with E-state index in [4.69, 9.17) is 0 Å². The monoisotopic (exact) mass is 412 g/mol. The lowest BCUT2D eigenvalue weighted by Gasteiger charge is -2.17. The molecule has 4 nitrogen and oxygen atoms in total. The number of halogens is 4. The highest BCUT2D eigenvalue weighted by molar-refractivity contribution is 7.16. The summed E-state index contributed by atoms with van der Waals surface area (Å²) < 4.78 is 54.7. The lowest BCUT2D eigenvalue weighted by Crippen LogP contribution is -2.33. The van der Waals surface area contributed by atoms with Crippen LogP contribution in [0.1, 0.15) is 45.6 Å². The van der Waals surface area contributed by atoms with E-state index in [0.29, 0.717) is 10.6 Å². The van der Waals surface area contributed by atoms with E-state index in [1.54, 1.807) is 0 Å². The van der Waals surface area contributed by atoms with E-state index in [0.717, 1.165) is 54.7 Å². The second-order valence-electron chi connectivity index (χ2n) is 6.33. The smallest absolute Gasteiger partial charge is 0.428 e. The van der Waals surface area contributed by atoms with Gasteiger partial charge in [-0.3, -0.25) is 4.79 Å². The molecular weight excluding hydrogens is 396 g/mol. The first-order valence-electron chi connectivity index (χ1n) is 8.63. The Morgan fingerprint density at radius 3 is 2.71 bits per heavy atom. The van der Waals surface area contributed by atoms with Gasteiger partial charge in [0.1, 0.15) is 16.8 Å². The number of carbonyl (C=O) groups is 1. The number of anilines is 1. The van der Waals surface area contributed by atoms with Crippen LogP contribution in [0.15, 0.2) is 24.3 Å². The third-order valence-electron chi connectivity index (χ3n) is 4.36. The molecule has 0 fully saturated rings. The van der Waals surface area contributed by atoms with Crippen molar-refractivity contribution in [3.63, 3.8) is 0 Å². The van der Waals surface area contributed by atoms with E-state index in [9.17, 15) is 27.6 Å². The van der Waals surface area contributed by atoms with Gasteiger partial charge in [-0.25, -0.2) is 0 Å². The number of rotatable bonds is 5. The van der Waals surface area contributed by atoms with Crippen LogP contribution >= 0.6 is 11.3 Å². The van der Waals surface area contributed by atoms with E-state index >= 15 is 0 Å². The fraction of sp³-hybridized carbons (Fsp3) is 0.368. The molecule has 1 aliphatic carbocycles. The van der Waals surface area contributed by atoms with Crippen LogP contribution in [0.5, 0.6) is 5.75 Å². The Bertz CT molecular complexity index is 921. The third-order valence-corrected chi connectivity index (χ3v) is 5.57. The van der Waals surface area contributed by atoms with Crippen LogP contribution in [-0.2, 0) is 12.8 Å². The molecule has 1 aromatic heterocycles. The zero-order valence-electron chi connectivity index (χ0n) is 14.6. The van der Waals surface area contributed by atoms with E-state index in [-0.39, 0.29) is 5.56 Å². The molecule has 2 aromatic rings. The van der Waals surface area contributed by atoms with Crippen LogP contribution < -0.4 is 10.1 Å². The van der Waals surface area contributed by atoms with Crippen molar-refractivity contribution in [2.75, 3.05) is 5.32 Å². The number of alkyl halides is 4. The van der Waals surface area contributed by atoms with Crippen LogP contribution in [-0.4, -0.2) is 18.4 Å². The number of thiophene rings is 1. The molecule has 1 aromatic carbocycles. The Kier molecular flexibility index (Phi) is 5.89. The summed E-state index contributed by atoms with van der Waals surface area (Å²) in [7, 11) is 0. The van der Waals surface area contributed by atoms with Gasteiger partial charge in [0.15, 0.2) is 0 Å². The normalized spacial score (nSPS) is 14.1. The van der Waals surface area contributed by atoms with Crippen molar-refractivity contribution in [3.05, 3.63) is 45.8 Å². The molecule has 9 heteroatoms. The van der Waals surface area contributed by atoms with Crippen molar-refractivity contribution in [1.29, 1.82) is 5.26 Å². The molecule has 0 saturated heterocycles. The Hall–Kier alpha value is -2.60. The minimum absolute atomic E-state index is 0.0462. The van der Waals surface area contributed by atoms with Crippen molar-refractivity contribution >= 4 is 22.2 Å². The fourth-order valence-electron chi connectivity index (χ4n) is 3.03. The van der Waals surface area contributed by atoms with Crippen LogP contribution in [0.3, 0.4) is 0 Å². The zero-order valence-corrected chi connectivity index (χ0v) is 15.4. The van der Waals surface area contributed by atoms with E-state index < -0.39 is 24.2 Å². The number of nitrogens with one attached hydrogen (secondary N) is 1. The molecule has 1 heterocycles. The van der Waals surface area contributed by atoms with E-state index in [2.05, 4.69) is 16.1 Å². The summed E-state index contributed by atoms with van der Waals surface area (Å²) in [5.41, 5.74) is 1.33. The fourth-order valence-corrected chi connectivity index (χ4v) is 4.26. The number of aryl methyl sites for hydroxylation is 1. The minimum Gasteiger partial charge on any atom is -0.428 e. The van der Waals surface area contributed by atoms with Gasteiger partial charge < -0.3 is 10.1 Å². The summed E-state index contributed by atoms with van der Waals surface area (Å²) in [6.45, 7) is 0. The quantitative estimate of drug-likeness (QED) is 0.530. The number of benzene rings is 1. The summed E-state index contributed by atoms with van der Waals surface area (Å²) >= 11 is 1.34. The molecule has 0 aliphatic heterocycles. The average Bonchev–Trinajstić information content (AvgIpc) is 2.81. The molecule has 1 aliphatic rings. The van der Waals surface area contributed by atoms with Gasteiger partial charge in [-0.1, -0.05) is 12.5 Å². The molecule has 148 valence electrons. The van der Waals surface area contributed by atoms with Gasteiger partial charge in [0.2, 0.25) is 0 Å². The standard InChI is InChI=1S/C19H16F4N2O2S/c20-18(21)19(22,23)27-12-6-4-5-11(9-12)16(26)25-17-14(10-24)13-7-2-1-3-8-15(13)28-17/h4-6,9,18H,1-3,7-8H2,(H,25,26). The Balaban J connectivity index is 1.81. The van der Waals surface area contributed by atoms with Crippen molar-refractivity contribution < 1.29 is 27.1 Å². The number of carbonyl (C=O) groups excluding carboxylic acids is 1. The largest absolute Gasteiger partial charge is 0.461 e. The molecule has 0 unspecified atom stereocenters. The van der Waals surface area contributed by atoms with Crippen LogP contribution in [0.2, 0.25) is 0 Å². The molecular formula is C19H16F4N2O2S. The molecule has 1 N–H and O–H groups in total. The van der Waals surface area contributed by atoms with E-state index in [1.807, 2.05) is 0 Å². The van der Waals surface area contributed by atoms with Gasteiger partial charge in [0.25, 0.3) is 5.91 Å². The van der Waals surface area contributed by atoms with Gasteiger partial charge >= 0.3 is 12.5 Å². The van der Waals surface area contributed by atoms with Crippen molar-refractivity contribution in [1.82, 2.24) is 0 Å². The molecule has 1 amide bonds. The maximum atomic E-state index is 13.1. The second kappa shape index (κ2) is 8.19. The number of nitriles is 1. The first-order valence-corrected chi connectivity index (χ1v) is 9.44. The van der Waals surface area contributed by atoms with Crippen LogP contribution in [0.25, 0.3) is 0 Å². The number of fused-ring (bicyclic) bond motifs is 1. The Labute approximate surface area is 162 Å².